The summed E-state index contributed by atoms with van der Waals surface area (Å²) in [5.41, 5.74) is 5.67. The maximum absolute atomic E-state index is 13.9. The van der Waals surface area contributed by atoms with Gasteiger partial charge in [-0.15, -0.1) is 0 Å². The van der Waals surface area contributed by atoms with Crippen molar-refractivity contribution >= 4 is 41.7 Å². The fraction of sp³-hybridized carbons (Fsp3) is 0.731. The standard InChI is InChI=1S/C26H46N6O8/c1-14(2)11-20(23(27)37)32(18(12-33)9-10-21(36)31(7)8)26(40)22(15(3)4)30-24(38)16(5)28-25(39)19(13-34)29-17(6)35/h12,14-16,18-20,22,34H,9-11,13H2,1-8H3,(H2,27,37)(H,28,39)(H,29,35)(H,30,38)/t16-,18-,19-,20-,22-/m0/s1. The van der Waals surface area contributed by atoms with Crippen LogP contribution in [0.2, 0.25) is 0 Å². The van der Waals surface area contributed by atoms with E-state index in [0.717, 1.165) is 11.8 Å². The molecule has 0 aliphatic rings. The molecule has 0 aromatic carbocycles. The molecule has 0 aromatic rings. The van der Waals surface area contributed by atoms with Crippen molar-refractivity contribution in [3.63, 3.8) is 0 Å². The van der Waals surface area contributed by atoms with Crippen molar-refractivity contribution in [1.29, 1.82) is 0 Å². The van der Waals surface area contributed by atoms with E-state index in [0.29, 0.717) is 6.29 Å². The number of nitrogens with zero attached hydrogens (tertiary/aromatic N) is 2. The highest BCUT2D eigenvalue weighted by molar-refractivity contribution is 5.96. The third kappa shape index (κ3) is 11.7. The van der Waals surface area contributed by atoms with E-state index in [1.165, 1.54) is 11.8 Å². The lowest BCUT2D eigenvalue weighted by Gasteiger charge is -2.38. The first-order valence-electron chi connectivity index (χ1n) is 13.2. The second-order valence-electron chi connectivity index (χ2n) is 10.7. The Labute approximate surface area is 235 Å². The summed E-state index contributed by atoms with van der Waals surface area (Å²) in [5, 5.41) is 16.6. The summed E-state index contributed by atoms with van der Waals surface area (Å²) in [4.78, 5) is 89.9. The molecule has 0 aliphatic heterocycles. The summed E-state index contributed by atoms with van der Waals surface area (Å²) in [6.45, 7) is 8.74. The van der Waals surface area contributed by atoms with Crippen molar-refractivity contribution in [2.24, 2.45) is 17.6 Å². The molecule has 228 valence electrons. The molecular formula is C26H46N6O8. The number of rotatable bonds is 17. The van der Waals surface area contributed by atoms with E-state index in [1.807, 2.05) is 13.8 Å². The number of aldehydes is 1. The highest BCUT2D eigenvalue weighted by Gasteiger charge is 2.40. The molecule has 6 amide bonds. The number of nitrogens with two attached hydrogens (primary N) is 1. The van der Waals surface area contributed by atoms with Crippen LogP contribution in [0.25, 0.3) is 0 Å². The van der Waals surface area contributed by atoms with E-state index < -0.39 is 72.3 Å². The Hall–Kier alpha value is -3.55. The van der Waals surface area contributed by atoms with Gasteiger partial charge in [-0.2, -0.15) is 0 Å². The number of carbonyl (C=O) groups excluding carboxylic acids is 7. The van der Waals surface area contributed by atoms with E-state index in [1.54, 1.807) is 27.9 Å². The van der Waals surface area contributed by atoms with E-state index in [4.69, 9.17) is 5.73 Å². The maximum Gasteiger partial charge on any atom is 0.246 e. The summed E-state index contributed by atoms with van der Waals surface area (Å²) in [6, 6.07) is -6.05. The third-order valence-corrected chi connectivity index (χ3v) is 6.14. The van der Waals surface area contributed by atoms with Gasteiger partial charge in [-0.1, -0.05) is 27.7 Å². The predicted octanol–water partition coefficient (Wildman–Crippen LogP) is -1.71. The fourth-order valence-electron chi connectivity index (χ4n) is 3.90. The van der Waals surface area contributed by atoms with Crippen LogP contribution < -0.4 is 21.7 Å². The van der Waals surface area contributed by atoms with Crippen molar-refractivity contribution in [2.75, 3.05) is 20.7 Å². The Morgan fingerprint density at radius 3 is 1.90 bits per heavy atom. The van der Waals surface area contributed by atoms with Crippen LogP contribution in [0.15, 0.2) is 0 Å². The van der Waals surface area contributed by atoms with Crippen LogP contribution in [0.4, 0.5) is 0 Å². The molecule has 0 bridgehead atoms. The van der Waals surface area contributed by atoms with Gasteiger partial charge < -0.3 is 41.4 Å². The van der Waals surface area contributed by atoms with Crippen LogP contribution >= 0.6 is 0 Å². The van der Waals surface area contributed by atoms with Crippen LogP contribution in [0.5, 0.6) is 0 Å². The van der Waals surface area contributed by atoms with E-state index in [9.17, 15) is 38.7 Å². The van der Waals surface area contributed by atoms with Crippen LogP contribution in [0.3, 0.4) is 0 Å². The van der Waals surface area contributed by atoms with Gasteiger partial charge in [-0.05, 0) is 31.6 Å². The summed E-state index contributed by atoms with van der Waals surface area (Å²) in [6.07, 6.45) is 0.487. The molecule has 0 aliphatic carbocycles. The average Bonchev–Trinajstić information content (AvgIpc) is 2.85. The average molecular weight is 571 g/mol. The Morgan fingerprint density at radius 1 is 0.925 bits per heavy atom. The Bertz CT molecular complexity index is 923. The molecule has 14 heteroatoms. The first-order valence-corrected chi connectivity index (χ1v) is 13.2. The molecular weight excluding hydrogens is 524 g/mol. The van der Waals surface area contributed by atoms with Gasteiger partial charge in [0, 0.05) is 27.4 Å². The Kier molecular flexibility index (Phi) is 15.7. The first-order chi connectivity index (χ1) is 18.5. The zero-order valence-electron chi connectivity index (χ0n) is 24.7. The van der Waals surface area contributed by atoms with E-state index in [-0.39, 0.29) is 31.1 Å². The summed E-state index contributed by atoms with van der Waals surface area (Å²) < 4.78 is 0. The van der Waals surface area contributed by atoms with Gasteiger partial charge >= 0.3 is 0 Å². The number of hydrogen-bond acceptors (Lipinski definition) is 8. The molecule has 5 atom stereocenters. The minimum Gasteiger partial charge on any atom is -0.394 e. The molecule has 0 unspecified atom stereocenters. The molecule has 40 heavy (non-hydrogen) atoms. The second-order valence-corrected chi connectivity index (χ2v) is 10.7. The van der Waals surface area contributed by atoms with Gasteiger partial charge in [0.25, 0.3) is 0 Å². The largest absolute Gasteiger partial charge is 0.394 e. The Morgan fingerprint density at radius 2 is 1.50 bits per heavy atom. The van der Waals surface area contributed by atoms with Gasteiger partial charge in [0.05, 0.1) is 12.6 Å². The van der Waals surface area contributed by atoms with Crippen LogP contribution in [-0.2, 0) is 33.6 Å². The normalized spacial score (nSPS) is 14.8. The topological polar surface area (TPSA) is 208 Å². The van der Waals surface area contributed by atoms with Crippen molar-refractivity contribution < 1.29 is 38.7 Å². The SMILES string of the molecule is CC(=O)N[C@@H](CO)C(=O)N[C@@H](C)C(=O)N[C@H](C(=O)N([C@H](C=O)CCC(=O)N(C)C)[C@@H](CC(C)C)C(N)=O)C(C)C. The minimum absolute atomic E-state index is 0.0644. The van der Waals surface area contributed by atoms with Gasteiger partial charge in [-0.3, -0.25) is 28.8 Å². The number of amides is 6. The molecule has 0 saturated carbocycles. The van der Waals surface area contributed by atoms with Crippen LogP contribution in [-0.4, -0.2) is 108 Å². The fourth-order valence-corrected chi connectivity index (χ4v) is 3.90. The van der Waals surface area contributed by atoms with Crippen molar-refractivity contribution in [3.05, 3.63) is 0 Å². The number of carbonyl (C=O) groups is 7. The molecule has 0 spiro atoms. The molecule has 0 radical (unpaired) electrons. The number of aliphatic hydroxyl groups is 1. The zero-order chi connectivity index (χ0) is 31.3. The molecule has 0 rings (SSSR count). The van der Waals surface area contributed by atoms with Crippen LogP contribution in [0, 0.1) is 11.8 Å². The molecule has 0 aromatic heterocycles. The lowest BCUT2D eigenvalue weighted by molar-refractivity contribution is -0.149. The lowest BCUT2D eigenvalue weighted by atomic mass is 9.95. The number of nitrogens with one attached hydrogen (secondary N) is 3. The van der Waals surface area contributed by atoms with Crippen molar-refractivity contribution in [2.45, 2.75) is 91.0 Å². The van der Waals surface area contributed by atoms with Crippen LogP contribution in [0.1, 0.15) is 60.8 Å². The molecule has 6 N–H and O–H groups in total. The van der Waals surface area contributed by atoms with E-state index >= 15 is 0 Å². The van der Waals surface area contributed by atoms with Crippen molar-refractivity contribution in [3.8, 4) is 0 Å². The van der Waals surface area contributed by atoms with Gasteiger partial charge in [-0.25, -0.2) is 0 Å². The smallest absolute Gasteiger partial charge is 0.246 e. The highest BCUT2D eigenvalue weighted by Crippen LogP contribution is 2.21. The lowest BCUT2D eigenvalue weighted by Crippen LogP contribution is -2.62. The molecule has 0 saturated heterocycles. The molecule has 0 fully saturated rings. The summed E-state index contributed by atoms with van der Waals surface area (Å²) in [5.74, 6) is -4.60. The number of primary amides is 1. The molecule has 14 nitrogen and oxygen atoms in total. The van der Waals surface area contributed by atoms with Crippen molar-refractivity contribution in [1.82, 2.24) is 25.8 Å². The first kappa shape index (κ1) is 36.5. The van der Waals surface area contributed by atoms with Gasteiger partial charge in [0.15, 0.2) is 0 Å². The monoisotopic (exact) mass is 570 g/mol. The maximum atomic E-state index is 13.9. The number of hydrogen-bond donors (Lipinski definition) is 5. The Balaban J connectivity index is 6.17. The van der Waals surface area contributed by atoms with Gasteiger partial charge in [0.2, 0.25) is 35.4 Å². The number of aliphatic hydroxyl groups excluding tert-OH is 1. The second kappa shape index (κ2) is 17.2. The van der Waals surface area contributed by atoms with E-state index in [2.05, 4.69) is 16.0 Å². The molecule has 0 heterocycles. The highest BCUT2D eigenvalue weighted by atomic mass is 16.3. The predicted molar refractivity (Wildman–Crippen MR) is 146 cm³/mol. The summed E-state index contributed by atoms with van der Waals surface area (Å²) in [7, 11) is 3.10. The zero-order valence-corrected chi connectivity index (χ0v) is 24.7. The third-order valence-electron chi connectivity index (χ3n) is 6.14. The minimum atomic E-state index is -1.28. The summed E-state index contributed by atoms with van der Waals surface area (Å²) >= 11 is 0. The van der Waals surface area contributed by atoms with Gasteiger partial charge in [0.1, 0.15) is 30.5 Å². The quantitative estimate of drug-likeness (QED) is 0.127.